The average molecular weight is 271 g/mol. The van der Waals surface area contributed by atoms with Crippen LogP contribution in [-0.4, -0.2) is 30.8 Å². The monoisotopic (exact) mass is 270 g/mol. The highest BCUT2D eigenvalue weighted by molar-refractivity contribution is 6.30. The molecule has 0 saturated carbocycles. The van der Waals surface area contributed by atoms with Crippen molar-refractivity contribution in [2.75, 3.05) is 24.6 Å². The second-order valence-corrected chi connectivity index (χ2v) is 5.00. The summed E-state index contributed by atoms with van der Waals surface area (Å²) in [5.41, 5.74) is 2.32. The van der Waals surface area contributed by atoms with Gasteiger partial charge in [-0.2, -0.15) is 0 Å². The van der Waals surface area contributed by atoms with Gasteiger partial charge in [-0.3, -0.25) is 0 Å². The third kappa shape index (κ3) is 4.16. The number of nitrogens with zero attached hydrogens (tertiary/aromatic N) is 1. The zero-order valence-electron chi connectivity index (χ0n) is 11.4. The molecular weight excluding hydrogens is 248 g/mol. The summed E-state index contributed by atoms with van der Waals surface area (Å²) in [6.07, 6.45) is 0. The molecule has 0 aromatic heterocycles. The Kier molecular flexibility index (Phi) is 6.47. The van der Waals surface area contributed by atoms with E-state index < -0.39 is 0 Å². The van der Waals surface area contributed by atoms with E-state index in [0.717, 1.165) is 23.8 Å². The minimum absolute atomic E-state index is 0.144. The molecule has 18 heavy (non-hydrogen) atoms. The molecule has 0 bridgehead atoms. The number of rotatable bonds is 7. The smallest absolute Gasteiger partial charge is 0.0606 e. The van der Waals surface area contributed by atoms with Crippen molar-refractivity contribution in [3.05, 3.63) is 28.8 Å². The molecule has 0 heterocycles. The Morgan fingerprint density at radius 3 is 2.67 bits per heavy atom. The molecule has 0 aliphatic carbocycles. The van der Waals surface area contributed by atoms with E-state index in [-0.39, 0.29) is 6.61 Å². The first-order valence-electron chi connectivity index (χ1n) is 6.46. The number of hydrogen-bond acceptors (Lipinski definition) is 3. The normalized spacial score (nSPS) is 11.0. The van der Waals surface area contributed by atoms with Crippen molar-refractivity contribution in [1.29, 1.82) is 0 Å². The molecule has 0 atom stereocenters. The molecule has 1 aromatic carbocycles. The van der Waals surface area contributed by atoms with Gasteiger partial charge in [-0.05, 0) is 38.1 Å². The maximum atomic E-state index is 9.19. The lowest BCUT2D eigenvalue weighted by atomic mass is 10.1. The number of benzene rings is 1. The van der Waals surface area contributed by atoms with E-state index in [1.54, 1.807) is 0 Å². The van der Waals surface area contributed by atoms with Crippen molar-refractivity contribution in [3.8, 4) is 0 Å². The van der Waals surface area contributed by atoms with Crippen molar-refractivity contribution in [2.24, 2.45) is 0 Å². The molecular formula is C14H23ClN2O. The number of anilines is 1. The van der Waals surface area contributed by atoms with Crippen LogP contribution >= 0.6 is 11.6 Å². The number of aliphatic hydroxyl groups is 1. The van der Waals surface area contributed by atoms with E-state index in [1.165, 1.54) is 5.56 Å². The molecule has 0 radical (unpaired) electrons. The van der Waals surface area contributed by atoms with E-state index in [0.29, 0.717) is 12.6 Å². The largest absolute Gasteiger partial charge is 0.395 e. The van der Waals surface area contributed by atoms with Crippen LogP contribution in [0, 0.1) is 0 Å². The van der Waals surface area contributed by atoms with Gasteiger partial charge in [-0.25, -0.2) is 0 Å². The van der Waals surface area contributed by atoms with E-state index in [9.17, 15) is 5.11 Å². The molecule has 0 spiro atoms. The van der Waals surface area contributed by atoms with Gasteiger partial charge in [0.1, 0.15) is 0 Å². The summed E-state index contributed by atoms with van der Waals surface area (Å²) in [5.74, 6) is 0. The quantitative estimate of drug-likeness (QED) is 0.800. The predicted octanol–water partition coefficient (Wildman–Crippen LogP) is 2.66. The first kappa shape index (κ1) is 15.3. The first-order chi connectivity index (χ1) is 8.60. The fourth-order valence-corrected chi connectivity index (χ4v) is 2.14. The zero-order chi connectivity index (χ0) is 13.5. The molecule has 0 fully saturated rings. The molecule has 0 aliphatic heterocycles. The lowest BCUT2D eigenvalue weighted by Crippen LogP contribution is -2.34. The van der Waals surface area contributed by atoms with Gasteiger partial charge < -0.3 is 15.3 Å². The van der Waals surface area contributed by atoms with Gasteiger partial charge in [-0.1, -0.05) is 24.6 Å². The average Bonchev–Trinajstić information content (AvgIpc) is 2.34. The van der Waals surface area contributed by atoms with Crippen molar-refractivity contribution in [1.82, 2.24) is 5.32 Å². The highest BCUT2D eigenvalue weighted by Crippen LogP contribution is 2.26. The maximum absolute atomic E-state index is 9.19. The van der Waals surface area contributed by atoms with Crippen LogP contribution in [0.5, 0.6) is 0 Å². The topological polar surface area (TPSA) is 35.5 Å². The van der Waals surface area contributed by atoms with Crippen molar-refractivity contribution in [2.45, 2.75) is 33.4 Å². The minimum Gasteiger partial charge on any atom is -0.395 e. The number of hydrogen-bond donors (Lipinski definition) is 2. The van der Waals surface area contributed by atoms with E-state index in [2.05, 4.69) is 31.0 Å². The molecule has 102 valence electrons. The standard InChI is InChI=1S/C14H23ClN2O/c1-4-16-10-12-5-6-13(15)9-14(12)17(7-8-18)11(2)3/h5-6,9,11,16,18H,4,7-8,10H2,1-3H3. The number of halogens is 1. The van der Waals surface area contributed by atoms with E-state index in [4.69, 9.17) is 11.6 Å². The van der Waals surface area contributed by atoms with Gasteiger partial charge in [0.2, 0.25) is 0 Å². The molecule has 1 rings (SSSR count). The Bertz CT molecular complexity index is 369. The summed E-state index contributed by atoms with van der Waals surface area (Å²) in [4.78, 5) is 2.18. The Labute approximate surface area is 115 Å². The molecule has 0 unspecified atom stereocenters. The van der Waals surface area contributed by atoms with E-state index >= 15 is 0 Å². The molecule has 4 heteroatoms. The third-order valence-electron chi connectivity index (χ3n) is 2.89. The second-order valence-electron chi connectivity index (χ2n) is 4.56. The van der Waals surface area contributed by atoms with Gasteiger partial charge in [0, 0.05) is 29.8 Å². The summed E-state index contributed by atoms with van der Waals surface area (Å²) in [6, 6.07) is 6.27. The highest BCUT2D eigenvalue weighted by atomic mass is 35.5. The summed E-state index contributed by atoms with van der Waals surface area (Å²) in [6.45, 7) is 8.84. The van der Waals surface area contributed by atoms with E-state index in [1.807, 2.05) is 18.2 Å². The van der Waals surface area contributed by atoms with Crippen LogP contribution in [0.25, 0.3) is 0 Å². The Hall–Kier alpha value is -0.770. The summed E-state index contributed by atoms with van der Waals surface area (Å²) in [7, 11) is 0. The van der Waals surface area contributed by atoms with Crippen LogP contribution in [0.15, 0.2) is 18.2 Å². The number of aliphatic hydroxyl groups excluding tert-OH is 1. The maximum Gasteiger partial charge on any atom is 0.0606 e. The van der Waals surface area contributed by atoms with Crippen LogP contribution in [0.1, 0.15) is 26.3 Å². The molecule has 0 aliphatic rings. The Morgan fingerprint density at radius 2 is 2.11 bits per heavy atom. The second kappa shape index (κ2) is 7.62. The third-order valence-corrected chi connectivity index (χ3v) is 3.12. The molecule has 0 amide bonds. The summed E-state index contributed by atoms with van der Waals surface area (Å²) < 4.78 is 0. The van der Waals surface area contributed by atoms with Crippen molar-refractivity contribution >= 4 is 17.3 Å². The lowest BCUT2D eigenvalue weighted by Gasteiger charge is -2.30. The SMILES string of the molecule is CCNCc1ccc(Cl)cc1N(CCO)C(C)C. The Morgan fingerprint density at radius 1 is 1.39 bits per heavy atom. The van der Waals surface area contributed by atoms with Crippen LogP contribution in [0.2, 0.25) is 5.02 Å². The molecule has 1 aromatic rings. The van der Waals surface area contributed by atoms with Gasteiger partial charge in [0.05, 0.1) is 6.61 Å². The van der Waals surface area contributed by atoms with Gasteiger partial charge in [-0.15, -0.1) is 0 Å². The fraction of sp³-hybridized carbons (Fsp3) is 0.571. The molecule has 2 N–H and O–H groups in total. The van der Waals surface area contributed by atoms with Gasteiger partial charge >= 0.3 is 0 Å². The van der Waals surface area contributed by atoms with Crippen molar-refractivity contribution in [3.63, 3.8) is 0 Å². The molecule has 0 saturated heterocycles. The molecule has 3 nitrogen and oxygen atoms in total. The van der Waals surface area contributed by atoms with Crippen LogP contribution in [-0.2, 0) is 6.54 Å². The van der Waals surface area contributed by atoms with Gasteiger partial charge in [0.15, 0.2) is 0 Å². The first-order valence-corrected chi connectivity index (χ1v) is 6.84. The van der Waals surface area contributed by atoms with Crippen LogP contribution < -0.4 is 10.2 Å². The van der Waals surface area contributed by atoms with Gasteiger partial charge in [0.25, 0.3) is 0 Å². The summed E-state index contributed by atoms with van der Waals surface area (Å²) in [5, 5.41) is 13.3. The lowest BCUT2D eigenvalue weighted by molar-refractivity contribution is 0.299. The predicted molar refractivity (Wildman–Crippen MR) is 78.4 cm³/mol. The minimum atomic E-state index is 0.144. The highest BCUT2D eigenvalue weighted by Gasteiger charge is 2.14. The summed E-state index contributed by atoms with van der Waals surface area (Å²) >= 11 is 6.09. The number of nitrogens with one attached hydrogen (secondary N) is 1. The zero-order valence-corrected chi connectivity index (χ0v) is 12.2. The van der Waals surface area contributed by atoms with Crippen LogP contribution in [0.4, 0.5) is 5.69 Å². The fourth-order valence-electron chi connectivity index (χ4n) is 1.98. The Balaban J connectivity index is 3.04. The van der Waals surface area contributed by atoms with Crippen LogP contribution in [0.3, 0.4) is 0 Å². The van der Waals surface area contributed by atoms with Crippen molar-refractivity contribution < 1.29 is 5.11 Å².